The van der Waals surface area contributed by atoms with E-state index in [1.807, 2.05) is 38.2 Å². The fourth-order valence-corrected chi connectivity index (χ4v) is 2.20. The summed E-state index contributed by atoms with van der Waals surface area (Å²) in [6.45, 7) is 2.57. The molecule has 3 nitrogen and oxygen atoms in total. The number of nitrogens with zero attached hydrogens (tertiary/aromatic N) is 1. The maximum absolute atomic E-state index is 12.0. The summed E-state index contributed by atoms with van der Waals surface area (Å²) in [5.41, 5.74) is 7.78. The topological polar surface area (TPSA) is 46.3 Å². The molecular weight excluding hydrogens is 188 g/mol. The van der Waals surface area contributed by atoms with Crippen molar-refractivity contribution >= 4 is 11.6 Å². The fourth-order valence-electron chi connectivity index (χ4n) is 2.20. The van der Waals surface area contributed by atoms with Gasteiger partial charge in [-0.15, -0.1) is 0 Å². The van der Waals surface area contributed by atoms with Gasteiger partial charge in [0.15, 0.2) is 0 Å². The molecule has 0 unspecified atom stereocenters. The Morgan fingerprint density at radius 3 is 2.80 bits per heavy atom. The van der Waals surface area contributed by atoms with Crippen LogP contribution in [0.25, 0.3) is 0 Å². The van der Waals surface area contributed by atoms with Crippen LogP contribution in [0.3, 0.4) is 0 Å². The van der Waals surface area contributed by atoms with Gasteiger partial charge in [0.1, 0.15) is 0 Å². The van der Waals surface area contributed by atoms with Crippen LogP contribution in [0.1, 0.15) is 18.4 Å². The smallest absolute Gasteiger partial charge is 0.234 e. The van der Waals surface area contributed by atoms with Crippen molar-refractivity contribution < 1.29 is 4.79 Å². The Kier molecular flexibility index (Phi) is 2.49. The summed E-state index contributed by atoms with van der Waals surface area (Å²) >= 11 is 0. The van der Waals surface area contributed by atoms with Gasteiger partial charge in [0.25, 0.3) is 0 Å². The minimum atomic E-state index is -0.0591. The minimum absolute atomic E-state index is 0.0591. The van der Waals surface area contributed by atoms with Crippen LogP contribution in [0.5, 0.6) is 0 Å². The zero-order valence-electron chi connectivity index (χ0n) is 9.10. The first-order chi connectivity index (χ1) is 7.16. The first-order valence-electron chi connectivity index (χ1n) is 5.23. The molecule has 0 fully saturated rings. The van der Waals surface area contributed by atoms with Crippen molar-refractivity contribution in [3.8, 4) is 0 Å². The number of carbonyl (C=O) groups excluding carboxylic acids is 1. The number of nitrogens with two attached hydrogens (primary N) is 1. The third-order valence-corrected chi connectivity index (χ3v) is 3.17. The largest absolute Gasteiger partial charge is 0.330 e. The third-order valence-electron chi connectivity index (χ3n) is 3.17. The molecule has 2 rings (SSSR count). The molecule has 0 radical (unpaired) electrons. The summed E-state index contributed by atoms with van der Waals surface area (Å²) in [6.07, 6.45) is 0. The SMILES string of the molecule is C[C@@H](CN)[C@H]1C(=O)N(C)c2ccccc21. The number of amides is 1. The van der Waals surface area contributed by atoms with Crippen molar-refractivity contribution in [2.24, 2.45) is 11.7 Å². The molecule has 2 N–H and O–H groups in total. The van der Waals surface area contributed by atoms with Gasteiger partial charge in [0.05, 0.1) is 5.92 Å². The van der Waals surface area contributed by atoms with Crippen LogP contribution in [0, 0.1) is 5.92 Å². The molecule has 0 aromatic heterocycles. The highest BCUT2D eigenvalue weighted by Gasteiger charge is 2.37. The second-order valence-electron chi connectivity index (χ2n) is 4.15. The first-order valence-corrected chi connectivity index (χ1v) is 5.23. The summed E-state index contributed by atoms with van der Waals surface area (Å²) in [7, 11) is 1.82. The van der Waals surface area contributed by atoms with E-state index < -0.39 is 0 Å². The number of hydrogen-bond donors (Lipinski definition) is 1. The van der Waals surface area contributed by atoms with Crippen LogP contribution in [0.15, 0.2) is 24.3 Å². The van der Waals surface area contributed by atoms with Gasteiger partial charge in [-0.1, -0.05) is 25.1 Å². The maximum Gasteiger partial charge on any atom is 0.234 e. The van der Waals surface area contributed by atoms with E-state index in [1.165, 1.54) is 0 Å². The Morgan fingerprint density at radius 1 is 1.47 bits per heavy atom. The van der Waals surface area contributed by atoms with Gasteiger partial charge in [-0.25, -0.2) is 0 Å². The minimum Gasteiger partial charge on any atom is -0.330 e. The Labute approximate surface area is 89.9 Å². The van der Waals surface area contributed by atoms with Crippen molar-refractivity contribution in [1.29, 1.82) is 0 Å². The molecular formula is C12H16N2O. The Bertz CT molecular complexity index is 389. The standard InChI is InChI=1S/C12H16N2O/c1-8(7-13)11-9-5-3-4-6-10(9)14(2)12(11)15/h3-6,8,11H,7,13H2,1-2H3/t8-,11+/m0/s1. The van der Waals surface area contributed by atoms with Crippen LogP contribution in [0.4, 0.5) is 5.69 Å². The predicted octanol–water partition coefficient (Wildman–Crippen LogP) is 1.34. The number of anilines is 1. The second-order valence-corrected chi connectivity index (χ2v) is 4.15. The normalized spacial score (nSPS) is 21.7. The summed E-state index contributed by atoms with van der Waals surface area (Å²) in [6, 6.07) is 7.93. The summed E-state index contributed by atoms with van der Waals surface area (Å²) in [5.74, 6) is 0.300. The fraction of sp³-hybridized carbons (Fsp3) is 0.417. The van der Waals surface area contributed by atoms with E-state index in [2.05, 4.69) is 0 Å². The second kappa shape index (κ2) is 3.66. The number of para-hydroxylation sites is 1. The molecule has 0 bridgehead atoms. The van der Waals surface area contributed by atoms with Gasteiger partial charge < -0.3 is 10.6 Å². The number of likely N-dealkylation sites (N-methyl/N-ethyl adjacent to an activating group) is 1. The monoisotopic (exact) mass is 204 g/mol. The summed E-state index contributed by atoms with van der Waals surface area (Å²) < 4.78 is 0. The molecule has 0 aliphatic carbocycles. The molecule has 3 heteroatoms. The Hall–Kier alpha value is -1.35. The van der Waals surface area contributed by atoms with E-state index >= 15 is 0 Å². The quantitative estimate of drug-likeness (QED) is 0.790. The van der Waals surface area contributed by atoms with Gasteiger partial charge in [0.2, 0.25) is 5.91 Å². The molecule has 0 saturated heterocycles. The lowest BCUT2D eigenvalue weighted by Gasteiger charge is -2.16. The van der Waals surface area contributed by atoms with Gasteiger partial charge >= 0.3 is 0 Å². The molecule has 0 spiro atoms. The predicted molar refractivity (Wildman–Crippen MR) is 60.8 cm³/mol. The maximum atomic E-state index is 12.0. The summed E-state index contributed by atoms with van der Waals surface area (Å²) in [5, 5.41) is 0. The van der Waals surface area contributed by atoms with Gasteiger partial charge in [-0.2, -0.15) is 0 Å². The highest BCUT2D eigenvalue weighted by atomic mass is 16.2. The number of fused-ring (bicyclic) bond motifs is 1. The summed E-state index contributed by atoms with van der Waals surface area (Å²) in [4.78, 5) is 13.8. The first kappa shape index (κ1) is 10.2. The van der Waals surface area contributed by atoms with Crippen molar-refractivity contribution in [2.75, 3.05) is 18.5 Å². The average molecular weight is 204 g/mol. The van der Waals surface area contributed by atoms with E-state index in [9.17, 15) is 4.79 Å². The molecule has 1 aromatic carbocycles. The van der Waals surface area contributed by atoms with Gasteiger partial charge in [-0.05, 0) is 24.1 Å². The van der Waals surface area contributed by atoms with Crippen LogP contribution in [-0.2, 0) is 4.79 Å². The molecule has 1 aliphatic heterocycles. The average Bonchev–Trinajstić information content (AvgIpc) is 2.52. The number of benzene rings is 1. The van der Waals surface area contributed by atoms with Gasteiger partial charge in [-0.3, -0.25) is 4.79 Å². The van der Waals surface area contributed by atoms with Crippen molar-refractivity contribution in [2.45, 2.75) is 12.8 Å². The molecule has 2 atom stereocenters. The Balaban J connectivity index is 2.47. The molecule has 80 valence electrons. The highest BCUT2D eigenvalue weighted by molar-refractivity contribution is 6.04. The van der Waals surface area contributed by atoms with E-state index in [-0.39, 0.29) is 17.7 Å². The van der Waals surface area contributed by atoms with Crippen LogP contribution >= 0.6 is 0 Å². The molecule has 1 aliphatic rings. The number of hydrogen-bond acceptors (Lipinski definition) is 2. The van der Waals surface area contributed by atoms with E-state index in [0.29, 0.717) is 6.54 Å². The molecule has 15 heavy (non-hydrogen) atoms. The van der Waals surface area contributed by atoms with Gasteiger partial charge in [0, 0.05) is 12.7 Å². The van der Waals surface area contributed by atoms with Crippen molar-refractivity contribution in [1.82, 2.24) is 0 Å². The van der Waals surface area contributed by atoms with E-state index in [1.54, 1.807) is 4.90 Å². The Morgan fingerprint density at radius 2 is 2.13 bits per heavy atom. The molecule has 1 aromatic rings. The van der Waals surface area contributed by atoms with Crippen LogP contribution in [0.2, 0.25) is 0 Å². The number of carbonyl (C=O) groups is 1. The third kappa shape index (κ3) is 1.43. The van der Waals surface area contributed by atoms with Crippen molar-refractivity contribution in [3.05, 3.63) is 29.8 Å². The molecule has 1 amide bonds. The zero-order valence-corrected chi connectivity index (χ0v) is 9.10. The highest BCUT2D eigenvalue weighted by Crippen LogP contribution is 2.39. The molecule has 1 heterocycles. The number of rotatable bonds is 2. The molecule has 0 saturated carbocycles. The lowest BCUT2D eigenvalue weighted by molar-refractivity contribution is -0.119. The lowest BCUT2D eigenvalue weighted by atomic mass is 9.88. The van der Waals surface area contributed by atoms with Crippen LogP contribution < -0.4 is 10.6 Å². The lowest BCUT2D eigenvalue weighted by Crippen LogP contribution is -2.29. The van der Waals surface area contributed by atoms with Crippen LogP contribution in [-0.4, -0.2) is 19.5 Å². The van der Waals surface area contributed by atoms with E-state index in [4.69, 9.17) is 5.73 Å². The van der Waals surface area contributed by atoms with E-state index in [0.717, 1.165) is 11.3 Å². The van der Waals surface area contributed by atoms with Crippen molar-refractivity contribution in [3.63, 3.8) is 0 Å². The zero-order chi connectivity index (χ0) is 11.0.